The summed E-state index contributed by atoms with van der Waals surface area (Å²) in [5.74, 6) is -1.40. The van der Waals surface area contributed by atoms with Crippen LogP contribution in [-0.2, 0) is 20.4 Å². The lowest BCUT2D eigenvalue weighted by Gasteiger charge is -2.27. The van der Waals surface area contributed by atoms with E-state index in [4.69, 9.17) is 0 Å². The first-order valence-corrected chi connectivity index (χ1v) is 11.9. The second-order valence-corrected chi connectivity index (χ2v) is 10.2. The van der Waals surface area contributed by atoms with Crippen molar-refractivity contribution in [3.05, 3.63) is 59.4 Å². The van der Waals surface area contributed by atoms with Crippen molar-refractivity contribution in [2.45, 2.75) is 32.1 Å². The lowest BCUT2D eigenvalue weighted by atomic mass is 10.1. The fraction of sp³-hybridized carbons (Fsp3) is 0.364. The number of fused-ring (bicyclic) bond motifs is 1. The molecule has 2 amide bonds. The lowest BCUT2D eigenvalue weighted by Crippen LogP contribution is -2.43. The first-order chi connectivity index (χ1) is 14.6. The molecule has 0 unspecified atom stereocenters. The van der Waals surface area contributed by atoms with Crippen LogP contribution in [0.1, 0.15) is 36.2 Å². The largest absolute Gasteiger partial charge is 0.371 e. The van der Waals surface area contributed by atoms with Gasteiger partial charge in [0.25, 0.3) is 5.91 Å². The molecule has 2 aromatic carbocycles. The molecular weight excluding hydrogens is 421 g/mol. The lowest BCUT2D eigenvalue weighted by molar-refractivity contribution is -0.116. The minimum Gasteiger partial charge on any atom is -0.371 e. The van der Waals surface area contributed by atoms with Crippen molar-refractivity contribution in [2.24, 2.45) is 5.92 Å². The summed E-state index contributed by atoms with van der Waals surface area (Å²) in [5.41, 5.74) is 1.83. The zero-order valence-electron chi connectivity index (χ0n) is 17.4. The highest BCUT2D eigenvalue weighted by Gasteiger charge is 2.30. The Morgan fingerprint density at radius 3 is 2.52 bits per heavy atom. The van der Waals surface area contributed by atoms with Crippen LogP contribution in [0.25, 0.3) is 0 Å². The van der Waals surface area contributed by atoms with Gasteiger partial charge in [-0.2, -0.15) is 0 Å². The van der Waals surface area contributed by atoms with Crippen LogP contribution in [0.15, 0.2) is 42.5 Å². The van der Waals surface area contributed by atoms with E-state index in [1.807, 2.05) is 0 Å². The molecule has 0 fully saturated rings. The zero-order chi connectivity index (χ0) is 22.6. The Morgan fingerprint density at radius 1 is 1.13 bits per heavy atom. The average molecular weight is 448 g/mol. The number of hydrogen-bond acceptors (Lipinski definition) is 5. The Kier molecular flexibility index (Phi) is 6.94. The van der Waals surface area contributed by atoms with Gasteiger partial charge in [0.1, 0.15) is 11.9 Å². The van der Waals surface area contributed by atoms with Crippen molar-refractivity contribution in [2.75, 3.05) is 22.9 Å². The summed E-state index contributed by atoms with van der Waals surface area (Å²) in [6.07, 6.45) is 0.864. The molecule has 0 radical (unpaired) electrons. The van der Waals surface area contributed by atoms with Crippen LogP contribution in [0.3, 0.4) is 0 Å². The molecule has 9 heteroatoms. The van der Waals surface area contributed by atoms with Gasteiger partial charge < -0.3 is 16.0 Å². The number of amides is 2. The van der Waals surface area contributed by atoms with Crippen molar-refractivity contribution in [1.29, 1.82) is 0 Å². The molecule has 3 rings (SSSR count). The molecule has 1 aliphatic rings. The number of carbonyl (C=O) groups excluding carboxylic acids is 2. The zero-order valence-corrected chi connectivity index (χ0v) is 18.3. The van der Waals surface area contributed by atoms with Gasteiger partial charge in [0.05, 0.1) is 22.9 Å². The smallest absolute Gasteiger partial charge is 0.251 e. The van der Waals surface area contributed by atoms with Crippen molar-refractivity contribution >= 4 is 33.0 Å². The summed E-state index contributed by atoms with van der Waals surface area (Å²) in [6.45, 7) is 4.71. The Hall–Kier alpha value is -2.94. The van der Waals surface area contributed by atoms with Crippen molar-refractivity contribution < 1.29 is 22.4 Å². The Labute approximate surface area is 181 Å². The number of hydrogen-bond donors (Lipinski definition) is 3. The van der Waals surface area contributed by atoms with Gasteiger partial charge in [-0.05, 0) is 48.2 Å². The Morgan fingerprint density at radius 2 is 1.84 bits per heavy atom. The first-order valence-electron chi connectivity index (χ1n) is 10.1. The molecule has 0 aromatic heterocycles. The Bertz CT molecular complexity index is 1070. The number of halogens is 1. The van der Waals surface area contributed by atoms with E-state index >= 15 is 0 Å². The number of benzene rings is 2. The summed E-state index contributed by atoms with van der Waals surface area (Å²) < 4.78 is 38.1. The molecule has 0 aliphatic carbocycles. The molecule has 1 atom stereocenters. The van der Waals surface area contributed by atoms with Gasteiger partial charge in [-0.1, -0.05) is 26.0 Å². The van der Waals surface area contributed by atoms with Gasteiger partial charge in [-0.25, -0.2) is 12.8 Å². The summed E-state index contributed by atoms with van der Waals surface area (Å²) in [4.78, 5) is 24.8. The molecule has 0 bridgehead atoms. The highest BCUT2D eigenvalue weighted by atomic mass is 32.2. The second kappa shape index (κ2) is 9.47. The number of anilines is 2. The van der Waals surface area contributed by atoms with E-state index in [0.717, 1.165) is 6.42 Å². The minimum atomic E-state index is -3.63. The highest BCUT2D eigenvalue weighted by molar-refractivity contribution is 7.90. The van der Waals surface area contributed by atoms with E-state index in [1.54, 1.807) is 18.2 Å². The predicted octanol–water partition coefficient (Wildman–Crippen LogP) is 2.95. The number of nitrogens with one attached hydrogen (secondary N) is 3. The van der Waals surface area contributed by atoms with Gasteiger partial charge >= 0.3 is 0 Å². The molecule has 7 nitrogen and oxygen atoms in total. The van der Waals surface area contributed by atoms with Crippen LogP contribution in [0.5, 0.6) is 0 Å². The highest BCUT2D eigenvalue weighted by Crippen LogP contribution is 2.28. The predicted molar refractivity (Wildman–Crippen MR) is 118 cm³/mol. The molecule has 0 saturated carbocycles. The topological polar surface area (TPSA) is 104 Å². The Balaban J connectivity index is 1.65. The molecule has 0 saturated heterocycles. The average Bonchev–Trinajstić information content (AvgIpc) is 2.69. The van der Waals surface area contributed by atoms with Crippen LogP contribution < -0.4 is 16.0 Å². The molecule has 31 heavy (non-hydrogen) atoms. The number of rotatable bonds is 8. The third kappa shape index (κ3) is 6.27. The first kappa shape index (κ1) is 22.7. The van der Waals surface area contributed by atoms with Crippen molar-refractivity contribution in [3.63, 3.8) is 0 Å². The monoisotopic (exact) mass is 447 g/mol. The van der Waals surface area contributed by atoms with E-state index in [2.05, 4.69) is 29.8 Å². The summed E-state index contributed by atoms with van der Waals surface area (Å²) in [6, 6.07) is 9.07. The molecular formula is C22H26FN3O4S. The van der Waals surface area contributed by atoms with Gasteiger partial charge in [0.15, 0.2) is 9.84 Å². The summed E-state index contributed by atoms with van der Waals surface area (Å²) >= 11 is 0. The SMILES string of the molecule is CC(C)CCNC(=O)c1ccc2c(c1)NC(=O)[C@H](CS(=O)(=O)Cc1ccc(F)cc1)N2. The third-order valence-electron chi connectivity index (χ3n) is 4.91. The van der Waals surface area contributed by atoms with Gasteiger partial charge in [-0.3, -0.25) is 9.59 Å². The van der Waals surface area contributed by atoms with Crippen LogP contribution in [0.4, 0.5) is 15.8 Å². The molecule has 166 valence electrons. The summed E-state index contributed by atoms with van der Waals surface area (Å²) in [7, 11) is -3.63. The third-order valence-corrected chi connectivity index (χ3v) is 6.53. The summed E-state index contributed by atoms with van der Waals surface area (Å²) in [5, 5.41) is 8.46. The van der Waals surface area contributed by atoms with Crippen LogP contribution in [0, 0.1) is 11.7 Å². The van der Waals surface area contributed by atoms with E-state index in [0.29, 0.717) is 35.0 Å². The van der Waals surface area contributed by atoms with E-state index < -0.39 is 33.4 Å². The standard InChI is InChI=1S/C22H26FN3O4S/c1-14(2)9-10-24-21(27)16-5-8-18-19(11-16)26-22(28)20(25-18)13-31(29,30)12-15-3-6-17(23)7-4-15/h3-8,11,14,20,25H,9-10,12-13H2,1-2H3,(H,24,27)(H,26,28)/t20-/m0/s1. The van der Waals surface area contributed by atoms with Crippen LogP contribution in [0.2, 0.25) is 0 Å². The maximum absolute atomic E-state index is 13.0. The molecule has 1 aliphatic heterocycles. The van der Waals surface area contributed by atoms with Crippen molar-refractivity contribution in [3.8, 4) is 0 Å². The van der Waals surface area contributed by atoms with E-state index in [-0.39, 0.29) is 11.7 Å². The van der Waals surface area contributed by atoms with Crippen LogP contribution >= 0.6 is 0 Å². The molecule has 2 aromatic rings. The fourth-order valence-corrected chi connectivity index (χ4v) is 4.79. The molecule has 1 heterocycles. The fourth-order valence-electron chi connectivity index (χ4n) is 3.23. The normalized spacial score (nSPS) is 15.7. The maximum Gasteiger partial charge on any atom is 0.251 e. The van der Waals surface area contributed by atoms with Gasteiger partial charge in [0, 0.05) is 12.1 Å². The van der Waals surface area contributed by atoms with Gasteiger partial charge in [-0.15, -0.1) is 0 Å². The van der Waals surface area contributed by atoms with Crippen molar-refractivity contribution in [1.82, 2.24) is 5.32 Å². The second-order valence-electron chi connectivity index (χ2n) is 8.07. The van der Waals surface area contributed by atoms with E-state index in [9.17, 15) is 22.4 Å². The number of sulfone groups is 1. The molecule has 0 spiro atoms. The maximum atomic E-state index is 13.0. The van der Waals surface area contributed by atoms with Gasteiger partial charge in [0.2, 0.25) is 5.91 Å². The van der Waals surface area contributed by atoms with E-state index in [1.165, 1.54) is 24.3 Å². The number of carbonyl (C=O) groups is 2. The molecule has 3 N–H and O–H groups in total. The van der Waals surface area contributed by atoms with Crippen LogP contribution in [-0.4, -0.2) is 38.6 Å². The quantitative estimate of drug-likeness (QED) is 0.577. The minimum absolute atomic E-state index is 0.235.